The molecule has 0 saturated heterocycles. The number of carbonyl (C=O) groups excluding carboxylic acids is 1. The summed E-state index contributed by atoms with van der Waals surface area (Å²) >= 11 is 8.99. The van der Waals surface area contributed by atoms with Crippen molar-refractivity contribution < 1.29 is 19.7 Å². The number of benzene rings is 1. The zero-order valence-corrected chi connectivity index (χ0v) is 11.4. The zero-order valence-electron chi connectivity index (χ0n) is 9.06. The third kappa shape index (κ3) is 3.96. The fourth-order valence-corrected chi connectivity index (χ4v) is 2.23. The van der Waals surface area contributed by atoms with Gasteiger partial charge >= 0.3 is 5.97 Å². The smallest absolute Gasteiger partial charge is 0.308 e. The molecule has 0 spiro atoms. The first-order chi connectivity index (χ1) is 7.95. The number of ether oxygens (including phenoxy) is 1. The van der Waals surface area contributed by atoms with Gasteiger partial charge in [-0.2, -0.15) is 0 Å². The van der Waals surface area contributed by atoms with Crippen LogP contribution in [-0.4, -0.2) is 29.4 Å². The van der Waals surface area contributed by atoms with Crippen molar-refractivity contribution in [1.82, 2.24) is 0 Å². The molecule has 0 aliphatic carbocycles. The molecule has 1 aromatic carbocycles. The number of rotatable bonds is 4. The number of methoxy groups -OCH3 is 1. The van der Waals surface area contributed by atoms with Gasteiger partial charge in [-0.25, -0.2) is 0 Å². The molecule has 0 bridgehead atoms. The number of hydrogen-bond acceptors (Lipinski definition) is 4. The van der Waals surface area contributed by atoms with Gasteiger partial charge in [0.05, 0.1) is 19.6 Å². The summed E-state index contributed by atoms with van der Waals surface area (Å²) in [5.74, 6) is -0.582. The summed E-state index contributed by atoms with van der Waals surface area (Å²) in [5, 5.41) is 20.0. The Kier molecular flexibility index (Phi) is 5.39. The van der Waals surface area contributed by atoms with Crippen LogP contribution >= 0.6 is 27.5 Å². The average Bonchev–Trinajstić information content (AvgIpc) is 2.28. The Morgan fingerprint density at radius 1 is 1.53 bits per heavy atom. The van der Waals surface area contributed by atoms with Crippen LogP contribution in [0.5, 0.6) is 0 Å². The van der Waals surface area contributed by atoms with Crippen molar-refractivity contribution in [3.8, 4) is 0 Å². The van der Waals surface area contributed by atoms with Crippen molar-refractivity contribution in [2.24, 2.45) is 0 Å². The third-order valence-corrected chi connectivity index (χ3v) is 3.17. The molecule has 4 nitrogen and oxygen atoms in total. The van der Waals surface area contributed by atoms with Crippen molar-refractivity contribution in [2.75, 3.05) is 7.11 Å². The lowest BCUT2D eigenvalue weighted by Crippen LogP contribution is -2.22. The molecular weight excluding hydrogens is 311 g/mol. The molecule has 94 valence electrons. The topological polar surface area (TPSA) is 66.8 Å². The summed E-state index contributed by atoms with van der Waals surface area (Å²) in [5.41, 5.74) is 0.464. The summed E-state index contributed by atoms with van der Waals surface area (Å²) in [7, 11) is 1.22. The van der Waals surface area contributed by atoms with Crippen LogP contribution in [-0.2, 0) is 9.53 Å². The molecule has 6 heteroatoms. The van der Waals surface area contributed by atoms with Gasteiger partial charge in [0.1, 0.15) is 6.10 Å². The summed E-state index contributed by atoms with van der Waals surface area (Å²) in [6, 6.07) is 4.78. The Balaban J connectivity index is 2.81. The minimum absolute atomic E-state index is 0.271. The molecule has 0 radical (unpaired) electrons. The van der Waals surface area contributed by atoms with Crippen LogP contribution in [0.3, 0.4) is 0 Å². The Morgan fingerprint density at radius 2 is 2.18 bits per heavy atom. The number of aliphatic hydroxyl groups excluding tert-OH is 2. The van der Waals surface area contributed by atoms with Gasteiger partial charge in [0.2, 0.25) is 0 Å². The molecule has 0 amide bonds. The molecule has 0 heterocycles. The van der Waals surface area contributed by atoms with Crippen molar-refractivity contribution in [1.29, 1.82) is 0 Å². The van der Waals surface area contributed by atoms with E-state index in [-0.39, 0.29) is 6.42 Å². The van der Waals surface area contributed by atoms with E-state index in [9.17, 15) is 15.0 Å². The Hall–Kier alpha value is -0.620. The van der Waals surface area contributed by atoms with E-state index in [1.165, 1.54) is 7.11 Å². The van der Waals surface area contributed by atoms with Gasteiger partial charge < -0.3 is 14.9 Å². The van der Waals surface area contributed by atoms with E-state index < -0.39 is 18.2 Å². The molecule has 0 aliphatic rings. The minimum atomic E-state index is -1.22. The Morgan fingerprint density at radius 3 is 2.71 bits per heavy atom. The first-order valence-electron chi connectivity index (χ1n) is 4.83. The molecule has 1 rings (SSSR count). The molecule has 0 fully saturated rings. The molecule has 0 aliphatic heterocycles. The number of carbonyl (C=O) groups is 1. The highest BCUT2D eigenvalue weighted by Crippen LogP contribution is 2.29. The number of halogens is 2. The number of hydrogen-bond donors (Lipinski definition) is 2. The van der Waals surface area contributed by atoms with Gasteiger partial charge in [0.15, 0.2) is 0 Å². The van der Waals surface area contributed by atoms with E-state index in [0.29, 0.717) is 15.1 Å². The molecule has 17 heavy (non-hydrogen) atoms. The van der Waals surface area contributed by atoms with Gasteiger partial charge in [-0.15, -0.1) is 0 Å². The zero-order chi connectivity index (χ0) is 13.0. The largest absolute Gasteiger partial charge is 0.469 e. The van der Waals surface area contributed by atoms with Crippen LogP contribution in [0.2, 0.25) is 5.02 Å². The highest BCUT2D eigenvalue weighted by atomic mass is 79.9. The van der Waals surface area contributed by atoms with Gasteiger partial charge in [-0.1, -0.05) is 33.6 Å². The summed E-state index contributed by atoms with van der Waals surface area (Å²) in [6.45, 7) is 0. The predicted octanol–water partition coefficient (Wildman–Crippen LogP) is 2.06. The van der Waals surface area contributed by atoms with Crippen LogP contribution in [0.4, 0.5) is 0 Å². The SMILES string of the molecule is COC(=O)CC(O)C(O)c1ccc(Cl)cc1Br. The highest BCUT2D eigenvalue weighted by Gasteiger charge is 2.23. The van der Waals surface area contributed by atoms with E-state index in [2.05, 4.69) is 20.7 Å². The molecule has 2 N–H and O–H groups in total. The molecule has 2 unspecified atom stereocenters. The third-order valence-electron chi connectivity index (χ3n) is 2.25. The summed E-state index contributed by atoms with van der Waals surface area (Å²) < 4.78 is 4.98. The summed E-state index contributed by atoms with van der Waals surface area (Å²) in [4.78, 5) is 11.0. The van der Waals surface area contributed by atoms with Crippen LogP contribution in [0.1, 0.15) is 18.1 Å². The van der Waals surface area contributed by atoms with Crippen LogP contribution < -0.4 is 0 Å². The van der Waals surface area contributed by atoms with E-state index in [1.807, 2.05) is 0 Å². The predicted molar refractivity (Wildman–Crippen MR) is 66.8 cm³/mol. The van der Waals surface area contributed by atoms with Gasteiger partial charge in [0, 0.05) is 9.50 Å². The molecule has 1 aromatic rings. The maximum absolute atomic E-state index is 11.0. The molecule has 0 aromatic heterocycles. The van der Waals surface area contributed by atoms with Crippen molar-refractivity contribution in [3.05, 3.63) is 33.3 Å². The van der Waals surface area contributed by atoms with E-state index >= 15 is 0 Å². The second kappa shape index (κ2) is 6.35. The lowest BCUT2D eigenvalue weighted by Gasteiger charge is -2.18. The van der Waals surface area contributed by atoms with Crippen LogP contribution in [0, 0.1) is 0 Å². The first-order valence-corrected chi connectivity index (χ1v) is 6.00. The fraction of sp³-hybridized carbons (Fsp3) is 0.364. The first kappa shape index (κ1) is 14.4. The standard InChI is InChI=1S/C11H12BrClO4/c1-17-10(15)5-9(14)11(16)7-3-2-6(13)4-8(7)12/h2-4,9,11,14,16H,5H2,1H3. The minimum Gasteiger partial charge on any atom is -0.469 e. The fourth-order valence-electron chi connectivity index (χ4n) is 1.31. The maximum Gasteiger partial charge on any atom is 0.308 e. The van der Waals surface area contributed by atoms with E-state index in [0.717, 1.165) is 0 Å². The highest BCUT2D eigenvalue weighted by molar-refractivity contribution is 9.10. The second-order valence-corrected chi connectivity index (χ2v) is 4.75. The van der Waals surface area contributed by atoms with Gasteiger partial charge in [-0.3, -0.25) is 4.79 Å². The number of aliphatic hydroxyl groups is 2. The lowest BCUT2D eigenvalue weighted by atomic mass is 10.0. The van der Waals surface area contributed by atoms with Crippen LogP contribution in [0.25, 0.3) is 0 Å². The van der Waals surface area contributed by atoms with Crippen molar-refractivity contribution >= 4 is 33.5 Å². The Labute approximate surface area is 112 Å². The molecule has 0 saturated carbocycles. The normalized spacial score (nSPS) is 14.2. The molecular formula is C11H12BrClO4. The maximum atomic E-state index is 11.0. The number of esters is 1. The van der Waals surface area contributed by atoms with Gasteiger partial charge in [0.25, 0.3) is 0 Å². The lowest BCUT2D eigenvalue weighted by molar-refractivity contribution is -0.144. The van der Waals surface area contributed by atoms with Crippen molar-refractivity contribution in [3.63, 3.8) is 0 Å². The van der Waals surface area contributed by atoms with Crippen molar-refractivity contribution in [2.45, 2.75) is 18.6 Å². The monoisotopic (exact) mass is 322 g/mol. The Bertz CT molecular complexity index is 410. The molecule has 2 atom stereocenters. The van der Waals surface area contributed by atoms with E-state index in [4.69, 9.17) is 11.6 Å². The van der Waals surface area contributed by atoms with Crippen LogP contribution in [0.15, 0.2) is 22.7 Å². The van der Waals surface area contributed by atoms with E-state index in [1.54, 1.807) is 18.2 Å². The average molecular weight is 324 g/mol. The summed E-state index contributed by atoms with van der Waals surface area (Å²) in [6.07, 6.45) is -2.67. The second-order valence-electron chi connectivity index (χ2n) is 3.46. The quantitative estimate of drug-likeness (QED) is 0.832. The van der Waals surface area contributed by atoms with Gasteiger partial charge in [-0.05, 0) is 17.7 Å².